The van der Waals surface area contributed by atoms with Gasteiger partial charge in [-0.05, 0) is 36.8 Å². The van der Waals surface area contributed by atoms with Crippen molar-refractivity contribution in [2.45, 2.75) is 39.0 Å². The predicted molar refractivity (Wildman–Crippen MR) is 80.8 cm³/mol. The van der Waals surface area contributed by atoms with Gasteiger partial charge in [-0.25, -0.2) is 4.68 Å². The van der Waals surface area contributed by atoms with E-state index in [0.717, 1.165) is 12.2 Å². The third kappa shape index (κ3) is 4.43. The van der Waals surface area contributed by atoms with Crippen LogP contribution < -0.4 is 5.32 Å². The summed E-state index contributed by atoms with van der Waals surface area (Å²) in [6.45, 7) is 3.31. The molecular weight excluding hydrogens is 234 g/mol. The third-order valence-corrected chi connectivity index (χ3v) is 3.25. The molecule has 0 fully saturated rings. The molecule has 0 saturated carbocycles. The van der Waals surface area contributed by atoms with E-state index in [1.54, 1.807) is 6.20 Å². The van der Waals surface area contributed by atoms with Crippen molar-refractivity contribution >= 4 is 5.69 Å². The second-order valence-corrected chi connectivity index (χ2v) is 4.84. The normalized spacial score (nSPS) is 10.6. The molecular formula is C16H23N3. The molecule has 0 bridgehead atoms. The van der Waals surface area contributed by atoms with Crippen LogP contribution in [0.1, 0.15) is 39.0 Å². The summed E-state index contributed by atoms with van der Waals surface area (Å²) >= 11 is 0. The summed E-state index contributed by atoms with van der Waals surface area (Å²) in [6.07, 6.45) is 10.4. The van der Waals surface area contributed by atoms with Crippen molar-refractivity contribution in [3.63, 3.8) is 0 Å². The predicted octanol–water partition coefficient (Wildman–Crippen LogP) is 4.25. The van der Waals surface area contributed by atoms with Crippen LogP contribution in [0.5, 0.6) is 0 Å². The molecule has 3 heteroatoms. The van der Waals surface area contributed by atoms with E-state index in [4.69, 9.17) is 0 Å². The van der Waals surface area contributed by atoms with Gasteiger partial charge in [-0.3, -0.25) is 0 Å². The van der Waals surface area contributed by atoms with Crippen LogP contribution in [0.15, 0.2) is 42.7 Å². The van der Waals surface area contributed by atoms with Gasteiger partial charge < -0.3 is 5.32 Å². The van der Waals surface area contributed by atoms with Crippen molar-refractivity contribution in [3.8, 4) is 5.69 Å². The van der Waals surface area contributed by atoms with Gasteiger partial charge in [-0.1, -0.05) is 32.6 Å². The highest BCUT2D eigenvalue weighted by atomic mass is 15.3. The number of unbranched alkanes of at least 4 members (excludes halogenated alkanes) is 4. The van der Waals surface area contributed by atoms with Crippen molar-refractivity contribution in [2.24, 2.45) is 0 Å². The van der Waals surface area contributed by atoms with E-state index < -0.39 is 0 Å². The van der Waals surface area contributed by atoms with E-state index in [-0.39, 0.29) is 0 Å². The zero-order valence-corrected chi connectivity index (χ0v) is 11.7. The molecule has 1 aromatic heterocycles. The standard InChI is InChI=1S/C16H23N3/c1-2-3-4-5-6-12-17-15-8-10-16(11-9-15)19-14-7-13-18-19/h7-11,13-14,17H,2-6,12H2,1H3. The molecule has 19 heavy (non-hydrogen) atoms. The maximum absolute atomic E-state index is 4.22. The molecule has 2 aromatic rings. The molecule has 0 atom stereocenters. The Bertz CT molecular complexity index is 445. The van der Waals surface area contributed by atoms with Gasteiger partial charge in [0.05, 0.1) is 5.69 Å². The van der Waals surface area contributed by atoms with Gasteiger partial charge in [0, 0.05) is 24.6 Å². The molecule has 1 N–H and O–H groups in total. The quantitative estimate of drug-likeness (QED) is 0.716. The minimum atomic E-state index is 1.06. The molecule has 0 aliphatic rings. The third-order valence-electron chi connectivity index (χ3n) is 3.25. The lowest BCUT2D eigenvalue weighted by Crippen LogP contribution is -2.01. The number of aromatic nitrogens is 2. The van der Waals surface area contributed by atoms with Gasteiger partial charge in [0.1, 0.15) is 0 Å². The number of nitrogens with zero attached hydrogens (tertiary/aromatic N) is 2. The number of anilines is 1. The Morgan fingerprint density at radius 3 is 2.53 bits per heavy atom. The van der Waals surface area contributed by atoms with Gasteiger partial charge in [-0.15, -0.1) is 0 Å². The molecule has 1 heterocycles. The summed E-state index contributed by atoms with van der Waals surface area (Å²) in [5.74, 6) is 0. The molecule has 0 amide bonds. The van der Waals surface area contributed by atoms with E-state index >= 15 is 0 Å². The lowest BCUT2D eigenvalue weighted by molar-refractivity contribution is 0.645. The summed E-state index contributed by atoms with van der Waals surface area (Å²) in [5.41, 5.74) is 2.28. The van der Waals surface area contributed by atoms with E-state index in [2.05, 4.69) is 41.6 Å². The van der Waals surface area contributed by atoms with Gasteiger partial charge >= 0.3 is 0 Å². The average Bonchev–Trinajstić information content (AvgIpc) is 2.97. The highest BCUT2D eigenvalue weighted by Crippen LogP contribution is 2.13. The second-order valence-electron chi connectivity index (χ2n) is 4.84. The first-order valence-electron chi connectivity index (χ1n) is 7.24. The smallest absolute Gasteiger partial charge is 0.0647 e. The van der Waals surface area contributed by atoms with Crippen molar-refractivity contribution in [1.29, 1.82) is 0 Å². The van der Waals surface area contributed by atoms with Gasteiger partial charge in [0.2, 0.25) is 0 Å². The van der Waals surface area contributed by atoms with Crippen molar-refractivity contribution < 1.29 is 0 Å². The Labute approximate surface area is 115 Å². The Morgan fingerprint density at radius 2 is 1.84 bits per heavy atom. The second kappa shape index (κ2) is 7.62. The van der Waals surface area contributed by atoms with Crippen LogP contribution in [-0.4, -0.2) is 16.3 Å². The largest absolute Gasteiger partial charge is 0.385 e. The van der Waals surface area contributed by atoms with Crippen LogP contribution in [0.3, 0.4) is 0 Å². The number of hydrogen-bond donors (Lipinski definition) is 1. The first-order valence-corrected chi connectivity index (χ1v) is 7.24. The maximum atomic E-state index is 4.22. The molecule has 0 aliphatic carbocycles. The molecule has 0 radical (unpaired) electrons. The Kier molecular flexibility index (Phi) is 5.48. The lowest BCUT2D eigenvalue weighted by atomic mass is 10.1. The van der Waals surface area contributed by atoms with Crippen LogP contribution in [0.25, 0.3) is 5.69 Å². The van der Waals surface area contributed by atoms with Gasteiger partial charge in [0.15, 0.2) is 0 Å². The van der Waals surface area contributed by atoms with Crippen molar-refractivity contribution in [3.05, 3.63) is 42.7 Å². The van der Waals surface area contributed by atoms with Gasteiger partial charge in [0.25, 0.3) is 0 Å². The van der Waals surface area contributed by atoms with Crippen LogP contribution >= 0.6 is 0 Å². The number of benzene rings is 1. The van der Waals surface area contributed by atoms with Crippen molar-refractivity contribution in [1.82, 2.24) is 9.78 Å². The average molecular weight is 257 g/mol. The summed E-state index contributed by atoms with van der Waals surface area (Å²) in [4.78, 5) is 0. The number of hydrogen-bond acceptors (Lipinski definition) is 2. The zero-order valence-electron chi connectivity index (χ0n) is 11.7. The Hall–Kier alpha value is -1.77. The number of nitrogens with one attached hydrogen (secondary N) is 1. The lowest BCUT2D eigenvalue weighted by Gasteiger charge is -2.07. The van der Waals surface area contributed by atoms with Crippen LogP contribution in [-0.2, 0) is 0 Å². The zero-order chi connectivity index (χ0) is 13.3. The molecule has 0 saturated heterocycles. The molecule has 1 aromatic carbocycles. The minimum absolute atomic E-state index is 1.06. The Morgan fingerprint density at radius 1 is 1.05 bits per heavy atom. The van der Waals surface area contributed by atoms with Crippen LogP contribution in [0.4, 0.5) is 5.69 Å². The van der Waals surface area contributed by atoms with Crippen LogP contribution in [0, 0.1) is 0 Å². The molecule has 102 valence electrons. The van der Waals surface area contributed by atoms with Crippen LogP contribution in [0.2, 0.25) is 0 Å². The highest BCUT2D eigenvalue weighted by molar-refractivity contribution is 5.48. The monoisotopic (exact) mass is 257 g/mol. The van der Waals surface area contributed by atoms with Crippen molar-refractivity contribution in [2.75, 3.05) is 11.9 Å². The van der Waals surface area contributed by atoms with E-state index in [0.29, 0.717) is 0 Å². The molecule has 0 aliphatic heterocycles. The highest BCUT2D eigenvalue weighted by Gasteiger charge is 1.96. The minimum Gasteiger partial charge on any atom is -0.385 e. The van der Waals surface area contributed by atoms with E-state index in [1.165, 1.54) is 37.8 Å². The summed E-state index contributed by atoms with van der Waals surface area (Å²) in [5, 5.41) is 7.68. The van der Waals surface area contributed by atoms with Gasteiger partial charge in [-0.2, -0.15) is 5.10 Å². The molecule has 0 unspecified atom stereocenters. The Balaban J connectivity index is 1.73. The fourth-order valence-corrected chi connectivity index (χ4v) is 2.11. The first kappa shape index (κ1) is 13.7. The maximum Gasteiger partial charge on any atom is 0.0647 e. The fourth-order valence-electron chi connectivity index (χ4n) is 2.11. The fraction of sp³-hybridized carbons (Fsp3) is 0.438. The number of rotatable bonds is 8. The topological polar surface area (TPSA) is 29.9 Å². The summed E-state index contributed by atoms with van der Waals surface area (Å²) < 4.78 is 1.87. The molecule has 2 rings (SSSR count). The SMILES string of the molecule is CCCCCCCNc1ccc(-n2cccn2)cc1. The summed E-state index contributed by atoms with van der Waals surface area (Å²) in [6, 6.07) is 10.3. The molecule has 0 spiro atoms. The first-order chi connectivity index (χ1) is 9.40. The molecule has 3 nitrogen and oxygen atoms in total. The summed E-state index contributed by atoms with van der Waals surface area (Å²) in [7, 11) is 0. The van der Waals surface area contributed by atoms with E-state index in [9.17, 15) is 0 Å². The van der Waals surface area contributed by atoms with E-state index in [1.807, 2.05) is 16.9 Å².